The highest BCUT2D eigenvalue weighted by molar-refractivity contribution is 5.89. The number of hydrogen-bond acceptors (Lipinski definition) is 6. The van der Waals surface area contributed by atoms with Crippen molar-refractivity contribution in [2.75, 3.05) is 40.0 Å². The van der Waals surface area contributed by atoms with Crippen LogP contribution in [-0.2, 0) is 4.74 Å². The van der Waals surface area contributed by atoms with Crippen LogP contribution in [0, 0.1) is 0 Å². The molecule has 6 heteroatoms. The molecule has 2 N–H and O–H groups in total. The highest BCUT2D eigenvalue weighted by Crippen LogP contribution is 2.13. The summed E-state index contributed by atoms with van der Waals surface area (Å²) in [6, 6.07) is 6.57. The fourth-order valence-electron chi connectivity index (χ4n) is 1.77. The Morgan fingerprint density at radius 1 is 1.33 bits per heavy atom. The van der Waals surface area contributed by atoms with Gasteiger partial charge in [0, 0.05) is 13.1 Å². The first-order valence-corrected chi connectivity index (χ1v) is 6.94. The zero-order chi connectivity index (χ0) is 15.7. The quantitative estimate of drug-likeness (QED) is 0.647. The summed E-state index contributed by atoms with van der Waals surface area (Å²) in [5.41, 5.74) is 0.465. The average molecular weight is 297 g/mol. The third-order valence-electron chi connectivity index (χ3n) is 2.81. The zero-order valence-electron chi connectivity index (χ0n) is 12.5. The number of benzene rings is 1. The van der Waals surface area contributed by atoms with Gasteiger partial charge < -0.3 is 24.6 Å². The molecule has 0 heterocycles. The fourth-order valence-corrected chi connectivity index (χ4v) is 1.77. The maximum absolute atomic E-state index is 11.5. The lowest BCUT2D eigenvalue weighted by Gasteiger charge is -2.19. The number of rotatable bonds is 9. The van der Waals surface area contributed by atoms with Crippen LogP contribution < -0.4 is 4.74 Å². The Bertz CT molecular complexity index is 421. The van der Waals surface area contributed by atoms with Gasteiger partial charge in [0.15, 0.2) is 0 Å². The van der Waals surface area contributed by atoms with Gasteiger partial charge in [0.25, 0.3) is 0 Å². The van der Waals surface area contributed by atoms with E-state index < -0.39 is 6.10 Å². The van der Waals surface area contributed by atoms with Crippen LogP contribution in [0.1, 0.15) is 17.3 Å². The van der Waals surface area contributed by atoms with Crippen LogP contribution >= 0.6 is 0 Å². The van der Waals surface area contributed by atoms with Gasteiger partial charge in [-0.3, -0.25) is 0 Å². The highest BCUT2D eigenvalue weighted by Gasteiger charge is 2.10. The Morgan fingerprint density at radius 2 is 2.00 bits per heavy atom. The van der Waals surface area contributed by atoms with Crippen molar-refractivity contribution in [1.29, 1.82) is 0 Å². The SMILES string of the molecule is CCOC(=O)c1ccc(OCC(O)CN(C)CCO)cc1. The Balaban J connectivity index is 2.40. The zero-order valence-corrected chi connectivity index (χ0v) is 12.5. The maximum Gasteiger partial charge on any atom is 0.338 e. The lowest BCUT2D eigenvalue weighted by atomic mass is 10.2. The lowest BCUT2D eigenvalue weighted by Crippen LogP contribution is -2.34. The van der Waals surface area contributed by atoms with Crippen molar-refractivity contribution in [3.63, 3.8) is 0 Å². The Kier molecular flexibility index (Phi) is 7.74. The van der Waals surface area contributed by atoms with E-state index in [-0.39, 0.29) is 19.2 Å². The maximum atomic E-state index is 11.5. The molecule has 6 nitrogen and oxygen atoms in total. The van der Waals surface area contributed by atoms with Gasteiger partial charge in [-0.15, -0.1) is 0 Å². The molecule has 0 saturated heterocycles. The van der Waals surface area contributed by atoms with E-state index in [9.17, 15) is 9.90 Å². The fraction of sp³-hybridized carbons (Fsp3) is 0.533. The van der Waals surface area contributed by atoms with Crippen LogP contribution in [-0.4, -0.2) is 67.1 Å². The first-order valence-electron chi connectivity index (χ1n) is 6.94. The molecular formula is C15H23NO5. The van der Waals surface area contributed by atoms with Gasteiger partial charge in [-0.1, -0.05) is 0 Å². The van der Waals surface area contributed by atoms with Crippen molar-refractivity contribution in [3.05, 3.63) is 29.8 Å². The molecule has 0 aromatic heterocycles. The highest BCUT2D eigenvalue weighted by atomic mass is 16.5. The van der Waals surface area contributed by atoms with E-state index >= 15 is 0 Å². The summed E-state index contributed by atoms with van der Waals surface area (Å²) < 4.78 is 10.3. The molecule has 0 aliphatic rings. The molecule has 21 heavy (non-hydrogen) atoms. The van der Waals surface area contributed by atoms with Crippen LogP contribution in [0.3, 0.4) is 0 Å². The molecule has 1 aromatic carbocycles. The minimum absolute atomic E-state index is 0.0550. The molecule has 0 bridgehead atoms. The van der Waals surface area contributed by atoms with Gasteiger partial charge in [-0.2, -0.15) is 0 Å². The number of aliphatic hydroxyl groups is 2. The number of ether oxygens (including phenoxy) is 2. The molecule has 118 valence electrons. The first kappa shape index (κ1) is 17.4. The van der Waals surface area contributed by atoms with E-state index in [2.05, 4.69) is 0 Å². The number of hydrogen-bond donors (Lipinski definition) is 2. The Labute approximate surface area is 124 Å². The van der Waals surface area contributed by atoms with E-state index in [0.717, 1.165) is 0 Å². The van der Waals surface area contributed by atoms with E-state index in [0.29, 0.717) is 31.0 Å². The molecule has 0 fully saturated rings. The van der Waals surface area contributed by atoms with E-state index in [1.54, 1.807) is 31.2 Å². The second kappa shape index (κ2) is 9.33. The summed E-state index contributed by atoms with van der Waals surface area (Å²) >= 11 is 0. The summed E-state index contributed by atoms with van der Waals surface area (Å²) in [6.45, 7) is 3.22. The first-order chi connectivity index (χ1) is 10.1. The smallest absolute Gasteiger partial charge is 0.338 e. The molecule has 0 amide bonds. The predicted molar refractivity (Wildman–Crippen MR) is 78.5 cm³/mol. The molecule has 1 atom stereocenters. The Hall–Kier alpha value is -1.63. The van der Waals surface area contributed by atoms with Crippen molar-refractivity contribution in [3.8, 4) is 5.75 Å². The van der Waals surface area contributed by atoms with Crippen molar-refractivity contribution in [1.82, 2.24) is 4.90 Å². The van der Waals surface area contributed by atoms with Crippen molar-refractivity contribution < 1.29 is 24.5 Å². The summed E-state index contributed by atoms with van der Waals surface area (Å²) in [5, 5.41) is 18.6. The summed E-state index contributed by atoms with van der Waals surface area (Å²) in [7, 11) is 1.81. The normalized spacial score (nSPS) is 12.2. The summed E-state index contributed by atoms with van der Waals surface area (Å²) in [5.74, 6) is 0.210. The molecule has 1 rings (SSSR count). The molecule has 1 aromatic rings. The van der Waals surface area contributed by atoms with Crippen molar-refractivity contribution >= 4 is 5.97 Å². The van der Waals surface area contributed by atoms with Gasteiger partial charge in [0.05, 0.1) is 18.8 Å². The van der Waals surface area contributed by atoms with Gasteiger partial charge in [0.2, 0.25) is 0 Å². The summed E-state index contributed by atoms with van der Waals surface area (Å²) in [4.78, 5) is 13.3. The molecule has 0 saturated carbocycles. The molecular weight excluding hydrogens is 274 g/mol. The molecule has 0 aliphatic heterocycles. The van der Waals surface area contributed by atoms with Crippen molar-refractivity contribution in [2.45, 2.75) is 13.0 Å². The lowest BCUT2D eigenvalue weighted by molar-refractivity contribution is 0.0525. The number of esters is 1. The molecule has 1 unspecified atom stereocenters. The van der Waals surface area contributed by atoms with E-state index in [1.807, 2.05) is 11.9 Å². The van der Waals surface area contributed by atoms with Crippen molar-refractivity contribution in [2.24, 2.45) is 0 Å². The number of aliphatic hydroxyl groups excluding tert-OH is 2. The van der Waals surface area contributed by atoms with Crippen LogP contribution in [0.2, 0.25) is 0 Å². The monoisotopic (exact) mass is 297 g/mol. The van der Waals surface area contributed by atoms with Gasteiger partial charge in [0.1, 0.15) is 18.5 Å². The molecule has 0 aliphatic carbocycles. The minimum atomic E-state index is -0.647. The second-order valence-electron chi connectivity index (χ2n) is 4.70. The van der Waals surface area contributed by atoms with Gasteiger partial charge in [-0.05, 0) is 38.2 Å². The number of carbonyl (C=O) groups is 1. The van der Waals surface area contributed by atoms with Crippen LogP contribution in [0.25, 0.3) is 0 Å². The standard InChI is InChI=1S/C15H23NO5/c1-3-20-15(19)12-4-6-14(7-5-12)21-11-13(18)10-16(2)8-9-17/h4-7,13,17-18H,3,8-11H2,1-2H3. The second-order valence-corrected chi connectivity index (χ2v) is 4.70. The average Bonchev–Trinajstić information content (AvgIpc) is 2.46. The number of carbonyl (C=O) groups excluding carboxylic acids is 1. The number of likely N-dealkylation sites (N-methyl/N-ethyl adjacent to an activating group) is 1. The predicted octanol–water partition coefficient (Wildman–Crippen LogP) is 0.527. The number of nitrogens with zero attached hydrogens (tertiary/aromatic N) is 1. The minimum Gasteiger partial charge on any atom is -0.491 e. The molecule has 0 spiro atoms. The third kappa shape index (κ3) is 6.57. The molecule has 0 radical (unpaired) electrons. The summed E-state index contributed by atoms with van der Waals surface area (Å²) in [6.07, 6.45) is -0.647. The van der Waals surface area contributed by atoms with Gasteiger partial charge >= 0.3 is 5.97 Å². The Morgan fingerprint density at radius 3 is 2.57 bits per heavy atom. The third-order valence-corrected chi connectivity index (χ3v) is 2.81. The van der Waals surface area contributed by atoms with Crippen LogP contribution in [0.5, 0.6) is 5.75 Å². The largest absolute Gasteiger partial charge is 0.491 e. The van der Waals surface area contributed by atoms with E-state index in [1.165, 1.54) is 0 Å². The van der Waals surface area contributed by atoms with E-state index in [4.69, 9.17) is 14.6 Å². The topological polar surface area (TPSA) is 79.2 Å². The van der Waals surface area contributed by atoms with Crippen LogP contribution in [0.15, 0.2) is 24.3 Å². The van der Waals surface area contributed by atoms with Crippen LogP contribution in [0.4, 0.5) is 0 Å². The van der Waals surface area contributed by atoms with Gasteiger partial charge in [-0.25, -0.2) is 4.79 Å².